The van der Waals surface area contributed by atoms with Gasteiger partial charge in [-0.2, -0.15) is 0 Å². The van der Waals surface area contributed by atoms with Gasteiger partial charge in [0, 0.05) is 23.8 Å². The number of hydrogen-bond acceptors (Lipinski definition) is 2. The lowest BCUT2D eigenvalue weighted by molar-refractivity contribution is -0.122. The van der Waals surface area contributed by atoms with Crippen LogP contribution in [0.1, 0.15) is 30.7 Å². The first-order valence-electron chi connectivity index (χ1n) is 7.32. The largest absolute Gasteiger partial charge is 0.337 e. The van der Waals surface area contributed by atoms with Gasteiger partial charge in [-0.1, -0.05) is 36.4 Å². The molecule has 1 saturated carbocycles. The summed E-state index contributed by atoms with van der Waals surface area (Å²) in [5, 5.41) is 0. The molecule has 1 heterocycles. The Morgan fingerprint density at radius 3 is 2.55 bits per heavy atom. The van der Waals surface area contributed by atoms with E-state index in [-0.39, 0.29) is 5.92 Å². The molecule has 0 amide bonds. The molecule has 1 fully saturated rings. The SMILES string of the molecule is O=C1CCCC2C1c1ccccc1N2c1ccccc1. The molecule has 1 aliphatic heterocycles. The van der Waals surface area contributed by atoms with Crippen molar-refractivity contribution in [3.05, 3.63) is 60.2 Å². The highest BCUT2D eigenvalue weighted by Crippen LogP contribution is 2.49. The molecular weight excluding hydrogens is 246 g/mol. The third-order valence-corrected chi connectivity index (χ3v) is 4.55. The van der Waals surface area contributed by atoms with Crippen molar-refractivity contribution in [1.29, 1.82) is 0 Å². The van der Waals surface area contributed by atoms with Gasteiger partial charge in [-0.15, -0.1) is 0 Å². The molecule has 0 spiro atoms. The van der Waals surface area contributed by atoms with Gasteiger partial charge in [0.1, 0.15) is 5.78 Å². The summed E-state index contributed by atoms with van der Waals surface area (Å²) in [6.07, 6.45) is 2.84. The van der Waals surface area contributed by atoms with Gasteiger partial charge in [-0.05, 0) is 36.6 Å². The van der Waals surface area contributed by atoms with Gasteiger partial charge in [0.05, 0.1) is 5.92 Å². The Kier molecular flexibility index (Phi) is 2.62. The van der Waals surface area contributed by atoms with Crippen LogP contribution in [0.4, 0.5) is 11.4 Å². The minimum atomic E-state index is 0.0696. The average Bonchev–Trinajstić information content (AvgIpc) is 2.84. The average molecular weight is 263 g/mol. The zero-order valence-electron chi connectivity index (χ0n) is 11.3. The summed E-state index contributed by atoms with van der Waals surface area (Å²) < 4.78 is 0. The molecule has 2 aliphatic rings. The fraction of sp³-hybridized carbons (Fsp3) is 0.278. The van der Waals surface area contributed by atoms with Crippen LogP contribution in [-0.4, -0.2) is 11.8 Å². The van der Waals surface area contributed by atoms with Gasteiger partial charge in [0.15, 0.2) is 0 Å². The van der Waals surface area contributed by atoms with Crippen molar-refractivity contribution in [2.45, 2.75) is 31.2 Å². The lowest BCUT2D eigenvalue weighted by Gasteiger charge is -2.32. The van der Waals surface area contributed by atoms with E-state index in [2.05, 4.69) is 47.4 Å². The van der Waals surface area contributed by atoms with Gasteiger partial charge < -0.3 is 4.90 Å². The maximum atomic E-state index is 12.4. The maximum absolute atomic E-state index is 12.4. The summed E-state index contributed by atoms with van der Waals surface area (Å²) in [4.78, 5) is 14.8. The summed E-state index contributed by atoms with van der Waals surface area (Å²) >= 11 is 0. The second-order valence-corrected chi connectivity index (χ2v) is 5.67. The second kappa shape index (κ2) is 4.48. The lowest BCUT2D eigenvalue weighted by Crippen LogP contribution is -2.36. The summed E-state index contributed by atoms with van der Waals surface area (Å²) in [6, 6.07) is 19.1. The molecule has 2 unspecified atom stereocenters. The lowest BCUT2D eigenvalue weighted by atomic mass is 9.81. The van der Waals surface area contributed by atoms with Crippen molar-refractivity contribution in [1.82, 2.24) is 0 Å². The molecule has 1 aliphatic carbocycles. The van der Waals surface area contributed by atoms with E-state index in [0.29, 0.717) is 11.8 Å². The van der Waals surface area contributed by atoms with Crippen LogP contribution in [0.2, 0.25) is 0 Å². The monoisotopic (exact) mass is 263 g/mol. The fourth-order valence-electron chi connectivity index (χ4n) is 3.75. The molecule has 2 aromatic rings. The van der Waals surface area contributed by atoms with Crippen molar-refractivity contribution in [3.8, 4) is 0 Å². The number of hydrogen-bond donors (Lipinski definition) is 0. The number of para-hydroxylation sites is 2. The van der Waals surface area contributed by atoms with E-state index >= 15 is 0 Å². The topological polar surface area (TPSA) is 20.3 Å². The second-order valence-electron chi connectivity index (χ2n) is 5.67. The Balaban J connectivity index is 1.89. The number of rotatable bonds is 1. The molecule has 4 rings (SSSR count). The molecular formula is C18H17NO. The van der Waals surface area contributed by atoms with E-state index < -0.39 is 0 Å². The Bertz CT molecular complexity index is 649. The standard InChI is InChI=1S/C18H17NO/c20-17-12-6-11-16-18(17)14-9-4-5-10-15(14)19(16)13-7-2-1-3-8-13/h1-5,7-10,16,18H,6,11-12H2. The van der Waals surface area contributed by atoms with Crippen LogP contribution in [0.3, 0.4) is 0 Å². The van der Waals surface area contributed by atoms with Crippen LogP contribution in [0.15, 0.2) is 54.6 Å². The van der Waals surface area contributed by atoms with Gasteiger partial charge in [-0.3, -0.25) is 4.79 Å². The van der Waals surface area contributed by atoms with Gasteiger partial charge in [0.2, 0.25) is 0 Å². The Hall–Kier alpha value is -2.09. The molecule has 2 aromatic carbocycles. The molecule has 2 nitrogen and oxygen atoms in total. The van der Waals surface area contributed by atoms with E-state index in [0.717, 1.165) is 19.3 Å². The number of carbonyl (C=O) groups excluding carboxylic acids is 1. The number of anilines is 2. The number of nitrogens with zero attached hydrogens (tertiary/aromatic N) is 1. The molecule has 20 heavy (non-hydrogen) atoms. The first kappa shape index (κ1) is 11.7. The zero-order chi connectivity index (χ0) is 13.5. The third-order valence-electron chi connectivity index (χ3n) is 4.55. The molecule has 100 valence electrons. The van der Waals surface area contributed by atoms with Crippen molar-refractivity contribution in [3.63, 3.8) is 0 Å². The molecule has 2 heteroatoms. The minimum absolute atomic E-state index is 0.0696. The number of carbonyl (C=O) groups is 1. The van der Waals surface area contributed by atoms with E-state index in [1.54, 1.807) is 0 Å². The van der Waals surface area contributed by atoms with Gasteiger partial charge in [-0.25, -0.2) is 0 Å². The van der Waals surface area contributed by atoms with Gasteiger partial charge >= 0.3 is 0 Å². The zero-order valence-corrected chi connectivity index (χ0v) is 11.3. The number of Topliss-reactive ketones (excluding diaryl/α,β-unsaturated/α-hetero) is 1. The maximum Gasteiger partial charge on any atom is 0.142 e. The molecule has 2 atom stereocenters. The van der Waals surface area contributed by atoms with E-state index in [1.165, 1.54) is 16.9 Å². The first-order valence-corrected chi connectivity index (χ1v) is 7.32. The summed E-state index contributed by atoms with van der Waals surface area (Å²) in [6.45, 7) is 0. The normalized spacial score (nSPS) is 24.4. The van der Waals surface area contributed by atoms with Crippen LogP contribution in [0, 0.1) is 0 Å². The molecule has 0 N–H and O–H groups in total. The highest BCUT2D eigenvalue weighted by atomic mass is 16.1. The van der Waals surface area contributed by atoms with Crippen LogP contribution in [0.25, 0.3) is 0 Å². The third kappa shape index (κ3) is 1.61. The summed E-state index contributed by atoms with van der Waals surface area (Å²) in [7, 11) is 0. The number of benzene rings is 2. The van der Waals surface area contributed by atoms with Gasteiger partial charge in [0.25, 0.3) is 0 Å². The van der Waals surface area contributed by atoms with Crippen molar-refractivity contribution < 1.29 is 4.79 Å². The predicted molar refractivity (Wildman–Crippen MR) is 80.4 cm³/mol. The van der Waals surface area contributed by atoms with Crippen LogP contribution < -0.4 is 4.90 Å². The summed E-state index contributed by atoms with van der Waals surface area (Å²) in [5.74, 6) is 0.479. The first-order chi connectivity index (χ1) is 9.86. The van der Waals surface area contributed by atoms with Crippen LogP contribution in [-0.2, 0) is 4.79 Å². The highest BCUT2D eigenvalue weighted by Gasteiger charge is 2.44. The van der Waals surface area contributed by atoms with Crippen molar-refractivity contribution in [2.75, 3.05) is 4.90 Å². The molecule has 0 radical (unpaired) electrons. The smallest absolute Gasteiger partial charge is 0.142 e. The fourth-order valence-corrected chi connectivity index (χ4v) is 3.75. The van der Waals surface area contributed by atoms with E-state index in [9.17, 15) is 4.79 Å². The number of ketones is 1. The van der Waals surface area contributed by atoms with Crippen molar-refractivity contribution in [2.24, 2.45) is 0 Å². The highest BCUT2D eigenvalue weighted by molar-refractivity contribution is 5.93. The van der Waals surface area contributed by atoms with Crippen LogP contribution >= 0.6 is 0 Å². The van der Waals surface area contributed by atoms with Crippen molar-refractivity contribution >= 4 is 17.2 Å². The van der Waals surface area contributed by atoms with E-state index in [4.69, 9.17) is 0 Å². The van der Waals surface area contributed by atoms with E-state index in [1.807, 2.05) is 12.1 Å². The molecule has 0 saturated heterocycles. The quantitative estimate of drug-likeness (QED) is 0.773. The summed E-state index contributed by atoms with van der Waals surface area (Å²) in [5.41, 5.74) is 3.62. The predicted octanol–water partition coefficient (Wildman–Crippen LogP) is 4.04. The number of fused-ring (bicyclic) bond motifs is 3. The minimum Gasteiger partial charge on any atom is -0.337 e. The molecule has 0 aromatic heterocycles. The van der Waals surface area contributed by atoms with Crippen LogP contribution in [0.5, 0.6) is 0 Å². The Morgan fingerprint density at radius 2 is 1.70 bits per heavy atom. The Morgan fingerprint density at radius 1 is 0.950 bits per heavy atom. The molecule has 0 bridgehead atoms. The Labute approximate surface area is 119 Å².